The molecule has 0 saturated heterocycles. The van der Waals surface area contributed by atoms with E-state index >= 15 is 0 Å². The van der Waals surface area contributed by atoms with Crippen LogP contribution in [0.15, 0.2) is 4.99 Å². The van der Waals surface area contributed by atoms with Crippen molar-refractivity contribution in [2.45, 2.75) is 142 Å². The molecule has 0 heterocycles. The Morgan fingerprint density at radius 1 is 0.462 bits per heavy atom. The number of hydrogen-bond donors (Lipinski definition) is 0. The molecule has 0 atom stereocenters. The van der Waals surface area contributed by atoms with Gasteiger partial charge in [0.15, 0.2) is 0 Å². The highest BCUT2D eigenvalue weighted by molar-refractivity contribution is 5.32. The van der Waals surface area contributed by atoms with Crippen LogP contribution in [0.25, 0.3) is 0 Å². The highest BCUT2D eigenvalue weighted by Gasteiger charge is 1.95. The Labute approximate surface area is 164 Å². The van der Waals surface area contributed by atoms with Crippen LogP contribution in [-0.4, -0.2) is 12.6 Å². The normalized spacial score (nSPS) is 10.8. The predicted octanol–water partition coefficient (Wildman–Crippen LogP) is 8.53. The average molecular weight is 366 g/mol. The Bertz CT molecular complexity index is 297. The Kier molecular flexibility index (Phi) is 23.8. The van der Waals surface area contributed by atoms with Crippen molar-refractivity contribution < 1.29 is 4.79 Å². The molecule has 0 aliphatic heterocycles. The third-order valence-corrected chi connectivity index (χ3v) is 5.44. The number of unbranched alkanes of at least 4 members (excludes halogenated alkanes) is 20. The maximum atomic E-state index is 9.92. The van der Waals surface area contributed by atoms with E-state index in [-0.39, 0.29) is 0 Å². The molecule has 0 aromatic carbocycles. The standard InChI is InChI=1S/C24H47NO/c1-2-3-4-5-6-7-8-9-10-11-12-13-14-15-16-17-18-19-20-21-22-23-25-24-26/h2-23H2,1H3. The monoisotopic (exact) mass is 365 g/mol. The Morgan fingerprint density at radius 2 is 0.731 bits per heavy atom. The van der Waals surface area contributed by atoms with Crippen LogP contribution in [0, 0.1) is 0 Å². The summed E-state index contributed by atoms with van der Waals surface area (Å²) in [4.78, 5) is 13.5. The maximum absolute atomic E-state index is 9.92. The lowest BCUT2D eigenvalue weighted by Crippen LogP contribution is -1.85. The van der Waals surface area contributed by atoms with Gasteiger partial charge in [-0.05, 0) is 6.42 Å². The fraction of sp³-hybridized carbons (Fsp3) is 0.958. The summed E-state index contributed by atoms with van der Waals surface area (Å²) in [5, 5.41) is 0. The minimum atomic E-state index is 0.669. The van der Waals surface area contributed by atoms with Gasteiger partial charge in [-0.15, -0.1) is 0 Å². The van der Waals surface area contributed by atoms with Gasteiger partial charge in [-0.1, -0.05) is 135 Å². The van der Waals surface area contributed by atoms with Crippen molar-refractivity contribution in [2.24, 2.45) is 4.99 Å². The lowest BCUT2D eigenvalue weighted by atomic mass is 10.0. The molecule has 0 amide bonds. The summed E-state index contributed by atoms with van der Waals surface area (Å²) in [6, 6.07) is 0. The molecule has 0 aromatic heterocycles. The smallest absolute Gasteiger partial charge is 0.211 e. The van der Waals surface area contributed by atoms with Gasteiger partial charge in [-0.25, -0.2) is 9.79 Å². The summed E-state index contributed by atoms with van der Waals surface area (Å²) in [6.07, 6.45) is 31.0. The summed E-state index contributed by atoms with van der Waals surface area (Å²) in [5.74, 6) is 0. The van der Waals surface area contributed by atoms with Crippen molar-refractivity contribution in [3.63, 3.8) is 0 Å². The topological polar surface area (TPSA) is 29.4 Å². The molecule has 0 aromatic rings. The molecule has 0 spiro atoms. The second-order valence-corrected chi connectivity index (χ2v) is 8.04. The lowest BCUT2D eigenvalue weighted by molar-refractivity contribution is 0.520. The molecule has 0 aliphatic rings. The lowest BCUT2D eigenvalue weighted by Gasteiger charge is -2.04. The third-order valence-electron chi connectivity index (χ3n) is 5.44. The number of rotatable bonds is 22. The highest BCUT2D eigenvalue weighted by Crippen LogP contribution is 2.14. The van der Waals surface area contributed by atoms with E-state index in [2.05, 4.69) is 11.9 Å². The number of aliphatic imine (C=N–C) groups is 1. The van der Waals surface area contributed by atoms with Gasteiger partial charge in [-0.2, -0.15) is 0 Å². The van der Waals surface area contributed by atoms with Crippen LogP contribution in [0.1, 0.15) is 142 Å². The fourth-order valence-corrected chi connectivity index (χ4v) is 3.67. The predicted molar refractivity (Wildman–Crippen MR) is 116 cm³/mol. The fourth-order valence-electron chi connectivity index (χ4n) is 3.67. The van der Waals surface area contributed by atoms with E-state index in [0.29, 0.717) is 6.54 Å². The molecular formula is C24H47NO. The minimum absolute atomic E-state index is 0.669. The molecule has 0 bridgehead atoms. The van der Waals surface area contributed by atoms with Crippen LogP contribution >= 0.6 is 0 Å². The molecule has 0 radical (unpaired) electrons. The largest absolute Gasteiger partial charge is 0.234 e. The van der Waals surface area contributed by atoms with E-state index in [4.69, 9.17) is 0 Å². The SMILES string of the molecule is CCCCCCCCCCCCCCCCCCCCCCCN=C=O. The maximum Gasteiger partial charge on any atom is 0.234 e. The summed E-state index contributed by atoms with van der Waals surface area (Å²) >= 11 is 0. The Morgan fingerprint density at radius 3 is 1.00 bits per heavy atom. The zero-order chi connectivity index (χ0) is 19.0. The second kappa shape index (κ2) is 24.4. The summed E-state index contributed by atoms with van der Waals surface area (Å²) < 4.78 is 0. The van der Waals surface area contributed by atoms with E-state index in [1.165, 1.54) is 128 Å². The quantitative estimate of drug-likeness (QED) is 0.107. The molecule has 0 N–H and O–H groups in total. The number of carbonyl (C=O) groups excluding carboxylic acids is 1. The van der Waals surface area contributed by atoms with Gasteiger partial charge in [0.25, 0.3) is 0 Å². The van der Waals surface area contributed by atoms with Crippen LogP contribution in [0.5, 0.6) is 0 Å². The number of nitrogens with zero attached hydrogens (tertiary/aromatic N) is 1. The van der Waals surface area contributed by atoms with Crippen molar-refractivity contribution >= 4 is 6.08 Å². The molecule has 0 fully saturated rings. The molecule has 0 rings (SSSR count). The second-order valence-electron chi connectivity index (χ2n) is 8.04. The number of isocyanates is 1. The van der Waals surface area contributed by atoms with Gasteiger partial charge >= 0.3 is 0 Å². The Balaban J connectivity index is 2.97. The molecule has 154 valence electrons. The zero-order valence-electron chi connectivity index (χ0n) is 17.9. The first-order valence-corrected chi connectivity index (χ1v) is 12.0. The van der Waals surface area contributed by atoms with Crippen molar-refractivity contribution in [3.05, 3.63) is 0 Å². The first kappa shape index (κ1) is 25.4. The van der Waals surface area contributed by atoms with Crippen LogP contribution in [0.3, 0.4) is 0 Å². The summed E-state index contributed by atoms with van der Waals surface area (Å²) in [7, 11) is 0. The molecule has 0 aliphatic carbocycles. The van der Waals surface area contributed by atoms with Crippen LogP contribution in [0.4, 0.5) is 0 Å². The van der Waals surface area contributed by atoms with Gasteiger partial charge in [0.1, 0.15) is 0 Å². The molecule has 0 unspecified atom stereocenters. The van der Waals surface area contributed by atoms with E-state index < -0.39 is 0 Å². The van der Waals surface area contributed by atoms with Crippen LogP contribution in [-0.2, 0) is 4.79 Å². The minimum Gasteiger partial charge on any atom is -0.211 e. The summed E-state index contributed by atoms with van der Waals surface area (Å²) in [5.41, 5.74) is 0. The molecule has 26 heavy (non-hydrogen) atoms. The van der Waals surface area contributed by atoms with Gasteiger partial charge < -0.3 is 0 Å². The van der Waals surface area contributed by atoms with Crippen LogP contribution < -0.4 is 0 Å². The van der Waals surface area contributed by atoms with Crippen molar-refractivity contribution in [1.29, 1.82) is 0 Å². The van der Waals surface area contributed by atoms with Gasteiger partial charge in [0, 0.05) is 0 Å². The molecular weight excluding hydrogens is 318 g/mol. The molecule has 2 heteroatoms. The Hall–Kier alpha value is -0.620. The van der Waals surface area contributed by atoms with Crippen molar-refractivity contribution in [2.75, 3.05) is 6.54 Å². The highest BCUT2D eigenvalue weighted by atomic mass is 16.1. The van der Waals surface area contributed by atoms with Crippen LogP contribution in [0.2, 0.25) is 0 Å². The zero-order valence-corrected chi connectivity index (χ0v) is 17.9. The average Bonchev–Trinajstić information content (AvgIpc) is 2.66. The third kappa shape index (κ3) is 23.4. The molecule has 2 nitrogen and oxygen atoms in total. The first-order valence-electron chi connectivity index (χ1n) is 12.0. The first-order chi connectivity index (χ1) is 12.9. The van der Waals surface area contributed by atoms with Crippen molar-refractivity contribution in [1.82, 2.24) is 0 Å². The van der Waals surface area contributed by atoms with Crippen molar-refractivity contribution in [3.8, 4) is 0 Å². The summed E-state index contributed by atoms with van der Waals surface area (Å²) in [6.45, 7) is 2.96. The molecule has 0 saturated carbocycles. The van der Waals surface area contributed by atoms with E-state index in [0.717, 1.165) is 6.42 Å². The van der Waals surface area contributed by atoms with Gasteiger partial charge in [-0.3, -0.25) is 0 Å². The van der Waals surface area contributed by atoms with E-state index in [9.17, 15) is 4.79 Å². The van der Waals surface area contributed by atoms with E-state index in [1.807, 2.05) is 0 Å². The van der Waals surface area contributed by atoms with Gasteiger partial charge in [0.2, 0.25) is 6.08 Å². The number of hydrogen-bond acceptors (Lipinski definition) is 2. The van der Waals surface area contributed by atoms with E-state index in [1.54, 1.807) is 6.08 Å². The van der Waals surface area contributed by atoms with Gasteiger partial charge in [0.05, 0.1) is 6.54 Å².